The lowest BCUT2D eigenvalue weighted by atomic mass is 9.92. The predicted molar refractivity (Wildman–Crippen MR) is 109 cm³/mol. The molecule has 29 heavy (non-hydrogen) atoms. The van der Waals surface area contributed by atoms with Crippen LogP contribution in [0.3, 0.4) is 0 Å². The lowest BCUT2D eigenvalue weighted by Gasteiger charge is -2.28. The van der Waals surface area contributed by atoms with Crippen molar-refractivity contribution < 1.29 is 22.8 Å². The van der Waals surface area contributed by atoms with Gasteiger partial charge < -0.3 is 10.2 Å². The normalized spacial score (nSPS) is 25.9. The molecule has 0 radical (unpaired) electrons. The molecule has 11 heteroatoms. The highest BCUT2D eigenvalue weighted by molar-refractivity contribution is 7.91. The van der Waals surface area contributed by atoms with Crippen LogP contribution in [0, 0.1) is 0 Å². The Morgan fingerprint density at radius 2 is 2.03 bits per heavy atom. The van der Waals surface area contributed by atoms with Gasteiger partial charge in [-0.05, 0) is 32.4 Å². The third-order valence-electron chi connectivity index (χ3n) is 5.35. The number of halogens is 2. The lowest BCUT2D eigenvalue weighted by molar-refractivity contribution is -0.139. The van der Waals surface area contributed by atoms with Gasteiger partial charge in [-0.1, -0.05) is 29.3 Å². The molecule has 158 valence electrons. The SMILES string of the molecule is CCN(C(=O)CN1C(=O)N[C@](C)(c2ccc(Cl)cc2Cl)C1=O)[C@@H]1CCS(=O)(=O)C1. The van der Waals surface area contributed by atoms with Crippen molar-refractivity contribution >= 4 is 50.9 Å². The van der Waals surface area contributed by atoms with Gasteiger partial charge in [0.15, 0.2) is 9.84 Å². The largest absolute Gasteiger partial charge is 0.337 e. The minimum atomic E-state index is -3.17. The van der Waals surface area contributed by atoms with Crippen molar-refractivity contribution in [2.24, 2.45) is 0 Å². The monoisotopic (exact) mass is 461 g/mol. The number of hydrogen-bond donors (Lipinski definition) is 1. The molecular weight excluding hydrogens is 441 g/mol. The summed E-state index contributed by atoms with van der Waals surface area (Å²) in [6.45, 7) is 3.04. The maximum absolute atomic E-state index is 13.0. The highest BCUT2D eigenvalue weighted by Gasteiger charge is 2.51. The molecule has 0 saturated carbocycles. The summed E-state index contributed by atoms with van der Waals surface area (Å²) in [6.07, 6.45) is 0.347. The van der Waals surface area contributed by atoms with Crippen LogP contribution in [0.5, 0.6) is 0 Å². The summed E-state index contributed by atoms with van der Waals surface area (Å²) in [5.41, 5.74) is -1.07. The molecule has 1 aromatic carbocycles. The highest BCUT2D eigenvalue weighted by Crippen LogP contribution is 2.35. The molecule has 2 aliphatic heterocycles. The molecular formula is C18H21Cl2N3O5S. The van der Waals surface area contributed by atoms with Gasteiger partial charge in [-0.3, -0.25) is 14.5 Å². The Labute approximate surface area is 179 Å². The van der Waals surface area contributed by atoms with Gasteiger partial charge in [0.1, 0.15) is 12.1 Å². The Morgan fingerprint density at radius 1 is 1.34 bits per heavy atom. The van der Waals surface area contributed by atoms with Crippen LogP contribution in [0.2, 0.25) is 10.0 Å². The zero-order valence-electron chi connectivity index (χ0n) is 15.9. The standard InChI is InChI=1S/C18H21Cl2N3O5S/c1-3-22(12-6-7-29(27,28)10-12)15(24)9-23-16(25)18(2,21-17(23)26)13-5-4-11(19)8-14(13)20/h4-5,8,12H,3,6-7,9-10H2,1-2H3,(H,21,26)/t12-,18-/m1/s1. The van der Waals surface area contributed by atoms with E-state index in [0.717, 1.165) is 4.90 Å². The van der Waals surface area contributed by atoms with Crippen molar-refractivity contribution in [3.05, 3.63) is 33.8 Å². The van der Waals surface area contributed by atoms with E-state index in [1.807, 2.05) is 0 Å². The Bertz CT molecular complexity index is 984. The van der Waals surface area contributed by atoms with Gasteiger partial charge in [-0.2, -0.15) is 0 Å². The molecule has 2 atom stereocenters. The number of sulfone groups is 1. The summed E-state index contributed by atoms with van der Waals surface area (Å²) in [4.78, 5) is 40.5. The van der Waals surface area contributed by atoms with Crippen LogP contribution in [-0.4, -0.2) is 66.7 Å². The maximum Gasteiger partial charge on any atom is 0.325 e. The quantitative estimate of drug-likeness (QED) is 0.673. The number of hydrogen-bond acceptors (Lipinski definition) is 5. The van der Waals surface area contributed by atoms with Gasteiger partial charge in [0.05, 0.1) is 11.5 Å². The maximum atomic E-state index is 13.0. The topological polar surface area (TPSA) is 104 Å². The zero-order valence-corrected chi connectivity index (χ0v) is 18.3. The summed E-state index contributed by atoms with van der Waals surface area (Å²) in [7, 11) is -3.17. The van der Waals surface area contributed by atoms with E-state index in [0.29, 0.717) is 17.0 Å². The molecule has 0 spiro atoms. The number of carbonyl (C=O) groups is 3. The Balaban J connectivity index is 1.80. The van der Waals surface area contributed by atoms with E-state index in [-0.39, 0.29) is 23.1 Å². The predicted octanol–water partition coefficient (Wildman–Crippen LogP) is 1.80. The molecule has 3 rings (SSSR count). The van der Waals surface area contributed by atoms with Gasteiger partial charge in [-0.25, -0.2) is 13.2 Å². The van der Waals surface area contributed by atoms with Crippen LogP contribution in [0.15, 0.2) is 18.2 Å². The molecule has 2 heterocycles. The van der Waals surface area contributed by atoms with Crippen LogP contribution in [0.1, 0.15) is 25.8 Å². The second-order valence-electron chi connectivity index (χ2n) is 7.31. The van der Waals surface area contributed by atoms with Crippen LogP contribution in [-0.2, 0) is 25.0 Å². The zero-order chi connectivity index (χ0) is 21.6. The van der Waals surface area contributed by atoms with Crippen LogP contribution in [0.25, 0.3) is 0 Å². The summed E-state index contributed by atoms with van der Waals surface area (Å²) >= 11 is 12.1. The van der Waals surface area contributed by atoms with Crippen molar-refractivity contribution in [3.63, 3.8) is 0 Å². The van der Waals surface area contributed by atoms with E-state index in [2.05, 4.69) is 5.32 Å². The highest BCUT2D eigenvalue weighted by atomic mass is 35.5. The third kappa shape index (κ3) is 4.08. The second-order valence-corrected chi connectivity index (χ2v) is 10.4. The molecule has 0 aliphatic carbocycles. The minimum absolute atomic E-state index is 0.0255. The van der Waals surface area contributed by atoms with E-state index >= 15 is 0 Å². The number of urea groups is 1. The number of nitrogens with one attached hydrogen (secondary N) is 1. The molecule has 0 aromatic heterocycles. The smallest absolute Gasteiger partial charge is 0.325 e. The lowest BCUT2D eigenvalue weighted by Crippen LogP contribution is -2.48. The Hall–Kier alpha value is -1.84. The Kier molecular flexibility index (Phi) is 5.86. The number of amides is 4. The van der Waals surface area contributed by atoms with Crippen LogP contribution < -0.4 is 5.32 Å². The fourth-order valence-electron chi connectivity index (χ4n) is 3.80. The fourth-order valence-corrected chi connectivity index (χ4v) is 6.13. The van der Waals surface area contributed by atoms with Crippen molar-refractivity contribution in [2.45, 2.75) is 31.8 Å². The van der Waals surface area contributed by atoms with E-state index in [4.69, 9.17) is 23.2 Å². The van der Waals surface area contributed by atoms with Gasteiger partial charge in [0, 0.05) is 28.2 Å². The molecule has 1 aromatic rings. The fraction of sp³-hybridized carbons (Fsp3) is 0.500. The van der Waals surface area contributed by atoms with E-state index in [1.165, 1.54) is 17.9 Å². The van der Waals surface area contributed by atoms with E-state index in [1.54, 1.807) is 19.1 Å². The molecule has 0 bridgehead atoms. The van der Waals surface area contributed by atoms with Gasteiger partial charge in [0.2, 0.25) is 5.91 Å². The molecule has 0 unspecified atom stereocenters. The van der Waals surface area contributed by atoms with E-state index in [9.17, 15) is 22.8 Å². The van der Waals surface area contributed by atoms with Crippen molar-refractivity contribution in [3.8, 4) is 0 Å². The van der Waals surface area contributed by atoms with Crippen molar-refractivity contribution in [2.75, 3.05) is 24.6 Å². The van der Waals surface area contributed by atoms with Crippen LogP contribution >= 0.6 is 23.2 Å². The first kappa shape index (κ1) is 21.9. The molecule has 2 fully saturated rings. The van der Waals surface area contributed by atoms with Crippen molar-refractivity contribution in [1.82, 2.24) is 15.1 Å². The summed E-state index contributed by atoms with van der Waals surface area (Å²) in [6, 6.07) is 3.41. The van der Waals surface area contributed by atoms with Gasteiger partial charge in [-0.15, -0.1) is 0 Å². The molecule has 1 N–H and O–H groups in total. The number of imide groups is 1. The number of rotatable bonds is 5. The molecule has 2 aliphatic rings. The number of likely N-dealkylation sites (N-methyl/N-ethyl adjacent to an activating group) is 1. The summed E-state index contributed by atoms with van der Waals surface area (Å²) < 4.78 is 23.5. The number of carbonyl (C=O) groups excluding carboxylic acids is 3. The second kappa shape index (κ2) is 7.77. The molecule has 8 nitrogen and oxygen atoms in total. The first-order chi connectivity index (χ1) is 13.5. The number of benzene rings is 1. The summed E-state index contributed by atoms with van der Waals surface area (Å²) in [5, 5.41) is 3.20. The minimum Gasteiger partial charge on any atom is -0.337 e. The molecule has 2 saturated heterocycles. The average molecular weight is 462 g/mol. The van der Waals surface area contributed by atoms with E-state index < -0.39 is 45.8 Å². The summed E-state index contributed by atoms with van der Waals surface area (Å²) in [5.74, 6) is -1.18. The first-order valence-corrected chi connectivity index (χ1v) is 11.7. The average Bonchev–Trinajstić information content (AvgIpc) is 3.07. The van der Waals surface area contributed by atoms with Gasteiger partial charge in [0.25, 0.3) is 5.91 Å². The van der Waals surface area contributed by atoms with Gasteiger partial charge >= 0.3 is 6.03 Å². The third-order valence-corrected chi connectivity index (χ3v) is 7.65. The first-order valence-electron chi connectivity index (χ1n) is 9.08. The molecule has 4 amide bonds. The van der Waals surface area contributed by atoms with Crippen molar-refractivity contribution in [1.29, 1.82) is 0 Å². The Morgan fingerprint density at radius 3 is 2.59 bits per heavy atom. The van der Waals surface area contributed by atoms with Crippen LogP contribution in [0.4, 0.5) is 4.79 Å². The number of nitrogens with zero attached hydrogens (tertiary/aromatic N) is 2.